The Hall–Kier alpha value is -1.69. The number of thiazole rings is 1. The lowest BCUT2D eigenvalue weighted by atomic mass is 10.3. The molecule has 0 radical (unpaired) electrons. The molecular formula is C11H13N3O2S. The number of carbonyl (C=O) groups excluding carboxylic acids is 1. The summed E-state index contributed by atoms with van der Waals surface area (Å²) in [7, 11) is 1.86. The van der Waals surface area contributed by atoms with Crippen LogP contribution < -0.4 is 0 Å². The Labute approximate surface area is 103 Å². The highest BCUT2D eigenvalue weighted by molar-refractivity contribution is 7.11. The van der Waals surface area contributed by atoms with E-state index >= 15 is 0 Å². The van der Waals surface area contributed by atoms with Crippen molar-refractivity contribution >= 4 is 17.3 Å². The van der Waals surface area contributed by atoms with Gasteiger partial charge in [0, 0.05) is 19.7 Å². The maximum atomic E-state index is 11.6. The molecule has 0 atom stereocenters. The van der Waals surface area contributed by atoms with E-state index in [0.717, 1.165) is 11.3 Å². The molecule has 0 N–H and O–H groups in total. The SMILES string of the molecule is Cc1ncsc1C(=O)OCCc1cnn(C)c1. The monoisotopic (exact) mass is 251 g/mol. The molecule has 0 fully saturated rings. The Kier molecular flexibility index (Phi) is 3.53. The van der Waals surface area contributed by atoms with Crippen LogP contribution in [0.5, 0.6) is 0 Å². The Bertz CT molecular complexity index is 518. The van der Waals surface area contributed by atoms with E-state index in [-0.39, 0.29) is 5.97 Å². The fraction of sp³-hybridized carbons (Fsp3) is 0.364. The van der Waals surface area contributed by atoms with Crippen LogP contribution in [0, 0.1) is 6.92 Å². The van der Waals surface area contributed by atoms with Gasteiger partial charge in [0.1, 0.15) is 4.88 Å². The quantitative estimate of drug-likeness (QED) is 0.774. The lowest BCUT2D eigenvalue weighted by Gasteiger charge is -2.02. The van der Waals surface area contributed by atoms with Crippen LogP contribution >= 0.6 is 11.3 Å². The van der Waals surface area contributed by atoms with Gasteiger partial charge >= 0.3 is 5.97 Å². The maximum absolute atomic E-state index is 11.6. The highest BCUT2D eigenvalue weighted by Gasteiger charge is 2.12. The summed E-state index contributed by atoms with van der Waals surface area (Å²) < 4.78 is 6.90. The molecule has 2 rings (SSSR count). The molecule has 6 heteroatoms. The molecule has 0 bridgehead atoms. The van der Waals surface area contributed by atoms with Crippen molar-refractivity contribution < 1.29 is 9.53 Å². The molecule has 5 nitrogen and oxygen atoms in total. The van der Waals surface area contributed by atoms with Crippen LogP contribution in [0.15, 0.2) is 17.9 Å². The minimum Gasteiger partial charge on any atom is -0.461 e. The number of hydrogen-bond donors (Lipinski definition) is 0. The zero-order valence-corrected chi connectivity index (χ0v) is 10.5. The third kappa shape index (κ3) is 2.91. The molecule has 0 saturated carbocycles. The molecular weight excluding hydrogens is 238 g/mol. The largest absolute Gasteiger partial charge is 0.461 e. The lowest BCUT2D eigenvalue weighted by molar-refractivity contribution is 0.0514. The second kappa shape index (κ2) is 5.09. The predicted molar refractivity (Wildman–Crippen MR) is 64.0 cm³/mol. The zero-order valence-electron chi connectivity index (χ0n) is 9.71. The van der Waals surface area contributed by atoms with Crippen LogP contribution in [-0.2, 0) is 18.2 Å². The van der Waals surface area contributed by atoms with Gasteiger partial charge in [0.15, 0.2) is 0 Å². The third-order valence-corrected chi connectivity index (χ3v) is 3.22. The first kappa shape index (κ1) is 11.8. The van der Waals surface area contributed by atoms with Crippen LogP contribution in [0.4, 0.5) is 0 Å². The summed E-state index contributed by atoms with van der Waals surface area (Å²) in [6.07, 6.45) is 4.36. The second-order valence-corrected chi connectivity index (χ2v) is 4.53. The molecule has 2 heterocycles. The van der Waals surface area contributed by atoms with Crippen molar-refractivity contribution in [3.05, 3.63) is 34.0 Å². The van der Waals surface area contributed by atoms with Crippen LogP contribution in [0.3, 0.4) is 0 Å². The van der Waals surface area contributed by atoms with E-state index in [4.69, 9.17) is 4.74 Å². The molecule has 2 aromatic heterocycles. The summed E-state index contributed by atoms with van der Waals surface area (Å²) in [5, 5.41) is 4.05. The van der Waals surface area contributed by atoms with E-state index in [1.165, 1.54) is 11.3 Å². The van der Waals surface area contributed by atoms with Gasteiger partial charge in [0.2, 0.25) is 0 Å². The zero-order chi connectivity index (χ0) is 12.3. The van der Waals surface area contributed by atoms with Gasteiger partial charge in [-0.2, -0.15) is 5.10 Å². The van der Waals surface area contributed by atoms with Crippen molar-refractivity contribution in [3.8, 4) is 0 Å². The summed E-state index contributed by atoms with van der Waals surface area (Å²) in [6, 6.07) is 0. The molecule has 0 saturated heterocycles. The van der Waals surface area contributed by atoms with Gasteiger partial charge in [-0.15, -0.1) is 11.3 Å². The predicted octanol–water partition coefficient (Wildman–Crippen LogP) is 1.58. The number of rotatable bonds is 4. The average molecular weight is 251 g/mol. The summed E-state index contributed by atoms with van der Waals surface area (Å²) in [4.78, 5) is 16.2. The van der Waals surface area contributed by atoms with Gasteiger partial charge in [-0.3, -0.25) is 4.68 Å². The first-order chi connectivity index (χ1) is 8.16. The van der Waals surface area contributed by atoms with Gasteiger partial charge in [0.05, 0.1) is 24.0 Å². The number of aryl methyl sites for hydroxylation is 2. The number of carbonyl (C=O) groups is 1. The van der Waals surface area contributed by atoms with Crippen molar-refractivity contribution in [2.24, 2.45) is 7.05 Å². The van der Waals surface area contributed by atoms with Crippen molar-refractivity contribution in [2.75, 3.05) is 6.61 Å². The molecule has 0 aliphatic carbocycles. The Morgan fingerprint density at radius 2 is 2.41 bits per heavy atom. The van der Waals surface area contributed by atoms with E-state index in [9.17, 15) is 4.79 Å². The molecule has 0 aliphatic heterocycles. The van der Waals surface area contributed by atoms with E-state index in [0.29, 0.717) is 17.9 Å². The highest BCUT2D eigenvalue weighted by atomic mass is 32.1. The maximum Gasteiger partial charge on any atom is 0.350 e. The standard InChI is InChI=1S/C11H13N3O2S/c1-8-10(17-7-12-8)11(15)16-4-3-9-5-13-14(2)6-9/h5-7H,3-4H2,1-2H3. The Balaban J connectivity index is 1.83. The molecule has 0 aromatic carbocycles. The molecule has 0 aliphatic rings. The molecule has 2 aromatic rings. The van der Waals surface area contributed by atoms with E-state index < -0.39 is 0 Å². The topological polar surface area (TPSA) is 57.0 Å². The molecule has 0 spiro atoms. The average Bonchev–Trinajstić information content (AvgIpc) is 2.87. The first-order valence-electron chi connectivity index (χ1n) is 5.21. The summed E-state index contributed by atoms with van der Waals surface area (Å²) in [6.45, 7) is 2.16. The van der Waals surface area contributed by atoms with Crippen molar-refractivity contribution in [1.82, 2.24) is 14.8 Å². The van der Waals surface area contributed by atoms with Crippen LogP contribution in [0.2, 0.25) is 0 Å². The number of hydrogen-bond acceptors (Lipinski definition) is 5. The fourth-order valence-corrected chi connectivity index (χ4v) is 2.12. The van der Waals surface area contributed by atoms with Crippen molar-refractivity contribution in [2.45, 2.75) is 13.3 Å². The summed E-state index contributed by atoms with van der Waals surface area (Å²) in [5.41, 5.74) is 3.43. The third-order valence-electron chi connectivity index (χ3n) is 2.31. The number of nitrogens with zero attached hydrogens (tertiary/aromatic N) is 3. The second-order valence-electron chi connectivity index (χ2n) is 3.68. The highest BCUT2D eigenvalue weighted by Crippen LogP contribution is 2.13. The number of ether oxygens (including phenoxy) is 1. The van der Waals surface area contributed by atoms with Gasteiger partial charge in [0.25, 0.3) is 0 Å². The summed E-state index contributed by atoms with van der Waals surface area (Å²) in [5.74, 6) is -0.297. The smallest absolute Gasteiger partial charge is 0.350 e. The van der Waals surface area contributed by atoms with Crippen molar-refractivity contribution in [3.63, 3.8) is 0 Å². The van der Waals surface area contributed by atoms with Gasteiger partial charge < -0.3 is 4.74 Å². The first-order valence-corrected chi connectivity index (χ1v) is 6.09. The van der Waals surface area contributed by atoms with Gasteiger partial charge in [-0.25, -0.2) is 9.78 Å². The molecule has 90 valence electrons. The Morgan fingerprint density at radius 3 is 3.00 bits per heavy atom. The van der Waals surface area contributed by atoms with E-state index in [2.05, 4.69) is 10.1 Å². The molecule has 17 heavy (non-hydrogen) atoms. The normalized spacial score (nSPS) is 10.5. The van der Waals surface area contributed by atoms with E-state index in [1.807, 2.05) is 13.2 Å². The van der Waals surface area contributed by atoms with Crippen LogP contribution in [0.1, 0.15) is 20.9 Å². The lowest BCUT2D eigenvalue weighted by Crippen LogP contribution is -2.07. The minimum absolute atomic E-state index is 0.297. The number of esters is 1. The van der Waals surface area contributed by atoms with Crippen molar-refractivity contribution in [1.29, 1.82) is 0 Å². The summed E-state index contributed by atoms with van der Waals surface area (Å²) >= 11 is 1.31. The molecule has 0 amide bonds. The Morgan fingerprint density at radius 1 is 1.59 bits per heavy atom. The minimum atomic E-state index is -0.297. The molecule has 0 unspecified atom stereocenters. The van der Waals surface area contributed by atoms with Gasteiger partial charge in [-0.1, -0.05) is 0 Å². The van der Waals surface area contributed by atoms with E-state index in [1.54, 1.807) is 23.3 Å². The van der Waals surface area contributed by atoms with Crippen LogP contribution in [-0.4, -0.2) is 27.3 Å². The van der Waals surface area contributed by atoms with Crippen LogP contribution in [0.25, 0.3) is 0 Å². The van der Waals surface area contributed by atoms with Gasteiger partial charge in [-0.05, 0) is 12.5 Å². The fourth-order valence-electron chi connectivity index (χ4n) is 1.43. The number of aromatic nitrogens is 3.